The predicted octanol–water partition coefficient (Wildman–Crippen LogP) is 1.59. The molecule has 26 heavy (non-hydrogen) atoms. The molecule has 0 aromatic carbocycles. The number of halogens is 1. The first-order valence-electron chi connectivity index (χ1n) is 8.32. The average Bonchev–Trinajstić information content (AvgIpc) is 2.65. The Labute approximate surface area is 160 Å². The molecule has 0 saturated carbocycles. The van der Waals surface area contributed by atoms with E-state index in [1.54, 1.807) is 12.3 Å². The summed E-state index contributed by atoms with van der Waals surface area (Å²) >= 11 is 3.30. The number of rotatable bonds is 6. The highest BCUT2D eigenvalue weighted by Gasteiger charge is 2.14. The van der Waals surface area contributed by atoms with Crippen LogP contribution >= 0.6 is 15.9 Å². The van der Waals surface area contributed by atoms with E-state index in [0.717, 1.165) is 23.4 Å². The first-order chi connectivity index (χ1) is 12.6. The van der Waals surface area contributed by atoms with Crippen LogP contribution in [0.1, 0.15) is 16.2 Å². The Morgan fingerprint density at radius 1 is 1.31 bits per heavy atom. The monoisotopic (exact) mass is 421 g/mol. The Morgan fingerprint density at radius 2 is 2.12 bits per heavy atom. The highest BCUT2D eigenvalue weighted by Crippen LogP contribution is 2.18. The maximum absolute atomic E-state index is 12.1. The lowest BCUT2D eigenvalue weighted by Gasteiger charge is -2.28. The zero-order valence-electron chi connectivity index (χ0n) is 14.4. The third-order valence-corrected chi connectivity index (χ3v) is 4.17. The summed E-state index contributed by atoms with van der Waals surface area (Å²) in [5.41, 5.74) is 0.492. The van der Waals surface area contributed by atoms with Crippen molar-refractivity contribution in [1.29, 1.82) is 0 Å². The van der Waals surface area contributed by atoms with Gasteiger partial charge in [-0.3, -0.25) is 9.78 Å². The van der Waals surface area contributed by atoms with E-state index in [2.05, 4.69) is 41.1 Å². The minimum absolute atomic E-state index is 0.199. The first-order valence-corrected chi connectivity index (χ1v) is 9.11. The van der Waals surface area contributed by atoms with Crippen molar-refractivity contribution >= 4 is 27.7 Å². The maximum Gasteiger partial charge on any atom is 0.253 e. The third kappa shape index (κ3) is 5.12. The van der Waals surface area contributed by atoms with Crippen molar-refractivity contribution in [2.75, 3.05) is 44.4 Å². The van der Waals surface area contributed by atoms with E-state index in [1.165, 1.54) is 6.20 Å². The molecule has 0 unspecified atom stereocenters. The predicted molar refractivity (Wildman–Crippen MR) is 99.6 cm³/mol. The lowest BCUT2D eigenvalue weighted by atomic mass is 10.3. The van der Waals surface area contributed by atoms with Crippen LogP contribution in [-0.4, -0.2) is 60.3 Å². The number of nitrogens with one attached hydrogen (secondary N) is 1. The van der Waals surface area contributed by atoms with Gasteiger partial charge < -0.3 is 19.7 Å². The second-order valence-electron chi connectivity index (χ2n) is 5.71. The molecule has 0 bridgehead atoms. The van der Waals surface area contributed by atoms with Crippen LogP contribution in [0.25, 0.3) is 0 Å². The Morgan fingerprint density at radius 3 is 2.88 bits per heavy atom. The largest absolute Gasteiger partial charge is 0.476 e. The fourth-order valence-corrected chi connectivity index (χ4v) is 2.88. The van der Waals surface area contributed by atoms with Gasteiger partial charge in [-0.1, -0.05) is 0 Å². The second kappa shape index (κ2) is 8.91. The molecule has 138 valence electrons. The molecular formula is C17H20BrN5O3. The second-order valence-corrected chi connectivity index (χ2v) is 6.62. The van der Waals surface area contributed by atoms with Gasteiger partial charge in [0.1, 0.15) is 18.2 Å². The SMILES string of the molecule is Cc1nc(OCCNC(=O)c2cncc(Br)c2)cc(N2CCOCC2)n1. The number of morpholine rings is 1. The Kier molecular flexibility index (Phi) is 6.35. The Balaban J connectivity index is 1.51. The summed E-state index contributed by atoms with van der Waals surface area (Å²) in [5, 5.41) is 2.79. The van der Waals surface area contributed by atoms with E-state index in [-0.39, 0.29) is 5.91 Å². The number of nitrogens with zero attached hydrogens (tertiary/aromatic N) is 4. The van der Waals surface area contributed by atoms with Crippen LogP contribution in [0.15, 0.2) is 29.0 Å². The number of pyridine rings is 1. The van der Waals surface area contributed by atoms with Gasteiger partial charge in [0.15, 0.2) is 0 Å². The number of hydrogen-bond donors (Lipinski definition) is 1. The van der Waals surface area contributed by atoms with E-state index < -0.39 is 0 Å². The lowest BCUT2D eigenvalue weighted by Crippen LogP contribution is -2.37. The number of hydrogen-bond acceptors (Lipinski definition) is 7. The fourth-order valence-electron chi connectivity index (χ4n) is 2.51. The zero-order chi connectivity index (χ0) is 18.4. The number of aromatic nitrogens is 3. The van der Waals surface area contributed by atoms with Gasteiger partial charge >= 0.3 is 0 Å². The molecule has 0 spiro atoms. The molecule has 1 amide bonds. The fraction of sp³-hybridized carbons (Fsp3) is 0.412. The first kappa shape index (κ1) is 18.5. The number of amides is 1. The molecule has 2 aromatic heterocycles. The quantitative estimate of drug-likeness (QED) is 0.708. The van der Waals surface area contributed by atoms with E-state index in [9.17, 15) is 4.79 Å². The average molecular weight is 422 g/mol. The van der Waals surface area contributed by atoms with E-state index >= 15 is 0 Å². The molecule has 1 aliphatic rings. The maximum atomic E-state index is 12.1. The van der Waals surface area contributed by atoms with Crippen molar-refractivity contribution in [3.8, 4) is 5.88 Å². The molecule has 1 aliphatic heterocycles. The van der Waals surface area contributed by atoms with Crippen LogP contribution in [0.5, 0.6) is 5.88 Å². The van der Waals surface area contributed by atoms with E-state index in [4.69, 9.17) is 9.47 Å². The number of ether oxygens (including phenoxy) is 2. The molecular weight excluding hydrogens is 402 g/mol. The zero-order valence-corrected chi connectivity index (χ0v) is 16.0. The molecule has 0 aliphatic carbocycles. The van der Waals surface area contributed by atoms with Gasteiger partial charge in [-0.25, -0.2) is 4.98 Å². The third-order valence-electron chi connectivity index (χ3n) is 3.74. The van der Waals surface area contributed by atoms with Crippen LogP contribution in [0.3, 0.4) is 0 Å². The van der Waals surface area contributed by atoms with E-state index in [1.807, 2.05) is 13.0 Å². The molecule has 8 nitrogen and oxygen atoms in total. The molecule has 0 atom stereocenters. The van der Waals surface area contributed by atoms with Crippen LogP contribution in [0, 0.1) is 6.92 Å². The normalized spacial score (nSPS) is 14.2. The van der Waals surface area contributed by atoms with Crippen molar-refractivity contribution in [2.45, 2.75) is 6.92 Å². The summed E-state index contributed by atoms with van der Waals surface area (Å²) in [6.45, 7) is 5.48. The summed E-state index contributed by atoms with van der Waals surface area (Å²) in [7, 11) is 0. The van der Waals surface area contributed by atoms with Gasteiger partial charge in [0.2, 0.25) is 5.88 Å². The van der Waals surface area contributed by atoms with Gasteiger partial charge in [0, 0.05) is 36.0 Å². The molecule has 9 heteroatoms. The van der Waals surface area contributed by atoms with Crippen molar-refractivity contribution in [3.63, 3.8) is 0 Å². The van der Waals surface area contributed by atoms with Gasteiger partial charge in [0.25, 0.3) is 5.91 Å². The summed E-state index contributed by atoms with van der Waals surface area (Å²) in [6.07, 6.45) is 3.15. The standard InChI is InChI=1S/C17H20BrN5O3/c1-12-21-15(23-3-6-25-7-4-23)9-16(22-12)26-5-2-20-17(24)13-8-14(18)11-19-10-13/h8-11H,2-7H2,1H3,(H,20,24). The van der Waals surface area contributed by atoms with Crippen molar-refractivity contribution in [3.05, 3.63) is 40.4 Å². The highest BCUT2D eigenvalue weighted by molar-refractivity contribution is 9.10. The van der Waals surface area contributed by atoms with Gasteiger partial charge in [-0.15, -0.1) is 0 Å². The molecule has 3 rings (SSSR count). The van der Waals surface area contributed by atoms with Crippen molar-refractivity contribution in [2.24, 2.45) is 0 Å². The lowest BCUT2D eigenvalue weighted by molar-refractivity contribution is 0.0946. The number of carbonyl (C=O) groups is 1. The Bertz CT molecular complexity index is 768. The van der Waals surface area contributed by atoms with Gasteiger partial charge in [-0.2, -0.15) is 4.98 Å². The minimum Gasteiger partial charge on any atom is -0.476 e. The summed E-state index contributed by atoms with van der Waals surface area (Å²) in [4.78, 5) is 26.9. The number of anilines is 1. The summed E-state index contributed by atoms with van der Waals surface area (Å²) in [6, 6.07) is 3.53. The topological polar surface area (TPSA) is 89.5 Å². The number of aryl methyl sites for hydroxylation is 1. The Hall–Kier alpha value is -2.26. The molecule has 2 aromatic rings. The van der Waals surface area contributed by atoms with Crippen LogP contribution in [-0.2, 0) is 4.74 Å². The van der Waals surface area contributed by atoms with Gasteiger partial charge in [0.05, 0.1) is 25.3 Å². The van der Waals surface area contributed by atoms with Crippen LogP contribution in [0.4, 0.5) is 5.82 Å². The van der Waals surface area contributed by atoms with Crippen molar-refractivity contribution in [1.82, 2.24) is 20.3 Å². The highest BCUT2D eigenvalue weighted by atomic mass is 79.9. The molecule has 0 radical (unpaired) electrons. The van der Waals surface area contributed by atoms with Crippen LogP contribution < -0.4 is 15.0 Å². The number of carbonyl (C=O) groups excluding carboxylic acids is 1. The minimum atomic E-state index is -0.199. The summed E-state index contributed by atoms with van der Waals surface area (Å²) < 4.78 is 11.8. The molecule has 1 N–H and O–H groups in total. The molecule has 1 fully saturated rings. The van der Waals surface area contributed by atoms with Crippen molar-refractivity contribution < 1.29 is 14.3 Å². The molecule has 1 saturated heterocycles. The van der Waals surface area contributed by atoms with Crippen LogP contribution in [0.2, 0.25) is 0 Å². The summed E-state index contributed by atoms with van der Waals surface area (Å²) in [5.74, 6) is 1.78. The van der Waals surface area contributed by atoms with E-state index in [0.29, 0.717) is 43.6 Å². The smallest absolute Gasteiger partial charge is 0.253 e. The molecule has 3 heterocycles. The van der Waals surface area contributed by atoms with Gasteiger partial charge in [-0.05, 0) is 28.9 Å².